The quantitative estimate of drug-likeness (QED) is 0.870. The summed E-state index contributed by atoms with van der Waals surface area (Å²) in [5.41, 5.74) is 0. The van der Waals surface area contributed by atoms with Crippen LogP contribution < -0.4 is 4.72 Å². The van der Waals surface area contributed by atoms with Crippen molar-refractivity contribution < 1.29 is 17.9 Å². The first-order chi connectivity index (χ1) is 8.25. The van der Waals surface area contributed by atoms with E-state index in [1.807, 2.05) is 0 Å². The van der Waals surface area contributed by atoms with Gasteiger partial charge in [0.05, 0.1) is 11.1 Å². The van der Waals surface area contributed by atoms with Crippen molar-refractivity contribution in [3.63, 3.8) is 0 Å². The van der Waals surface area contributed by atoms with E-state index in [1.165, 1.54) is 12.1 Å². The predicted octanol–water partition coefficient (Wildman–Crippen LogP) is 1.77. The zero-order chi connectivity index (χ0) is 13.9. The second-order valence-electron chi connectivity index (χ2n) is 4.22. The molecule has 1 aromatic rings. The monoisotopic (exact) mass is 295 g/mol. The molecule has 0 aliphatic heterocycles. The van der Waals surface area contributed by atoms with Gasteiger partial charge in [0.1, 0.15) is 4.90 Å². The van der Waals surface area contributed by atoms with Crippen LogP contribution in [-0.4, -0.2) is 26.2 Å². The van der Waals surface area contributed by atoms with Gasteiger partial charge in [-0.1, -0.05) is 31.5 Å². The van der Waals surface area contributed by atoms with E-state index in [-0.39, 0.29) is 17.5 Å². The van der Waals surface area contributed by atoms with Gasteiger partial charge >= 0.3 is 0 Å². The topological polar surface area (TPSA) is 66.4 Å². The summed E-state index contributed by atoms with van der Waals surface area (Å²) in [6.07, 6.45) is -0.831. The molecule has 0 saturated carbocycles. The first kappa shape index (κ1) is 15.4. The minimum absolute atomic E-state index is 0.100. The molecule has 0 aromatic heterocycles. The maximum absolute atomic E-state index is 13.6. The summed E-state index contributed by atoms with van der Waals surface area (Å²) in [6, 6.07) is 3.73. The molecule has 1 aromatic carbocycles. The fourth-order valence-corrected chi connectivity index (χ4v) is 2.58. The van der Waals surface area contributed by atoms with Crippen LogP contribution in [0.1, 0.15) is 13.8 Å². The molecule has 0 saturated heterocycles. The molecule has 0 amide bonds. The molecule has 18 heavy (non-hydrogen) atoms. The summed E-state index contributed by atoms with van der Waals surface area (Å²) in [7, 11) is -4.01. The number of hydrogen-bond donors (Lipinski definition) is 2. The number of halogens is 2. The van der Waals surface area contributed by atoms with E-state index >= 15 is 0 Å². The summed E-state index contributed by atoms with van der Waals surface area (Å²) >= 11 is 5.52. The van der Waals surface area contributed by atoms with E-state index in [0.29, 0.717) is 0 Å². The van der Waals surface area contributed by atoms with Crippen LogP contribution in [0.5, 0.6) is 0 Å². The van der Waals surface area contributed by atoms with Gasteiger partial charge in [0, 0.05) is 6.54 Å². The lowest BCUT2D eigenvalue weighted by Gasteiger charge is -2.15. The Labute approximate surface area is 111 Å². The number of benzene rings is 1. The van der Waals surface area contributed by atoms with Crippen molar-refractivity contribution in [3.8, 4) is 0 Å². The molecule has 0 aliphatic rings. The molecule has 7 heteroatoms. The standard InChI is InChI=1S/C11H15ClFNO3S/c1-7(2)9(15)6-14-18(16,17)10-5-3-4-8(12)11(10)13/h3-5,7,9,14-15H,6H2,1-2H3. The molecular formula is C11H15ClFNO3S. The average molecular weight is 296 g/mol. The van der Waals surface area contributed by atoms with E-state index in [0.717, 1.165) is 6.07 Å². The highest BCUT2D eigenvalue weighted by atomic mass is 35.5. The van der Waals surface area contributed by atoms with Crippen molar-refractivity contribution in [1.29, 1.82) is 0 Å². The molecule has 1 unspecified atom stereocenters. The molecular weight excluding hydrogens is 281 g/mol. The van der Waals surface area contributed by atoms with Gasteiger partial charge in [-0.2, -0.15) is 0 Å². The predicted molar refractivity (Wildman–Crippen MR) is 67.4 cm³/mol. The number of hydrogen-bond acceptors (Lipinski definition) is 3. The Morgan fingerprint density at radius 2 is 2.06 bits per heavy atom. The van der Waals surface area contributed by atoms with Gasteiger partial charge in [-0.3, -0.25) is 0 Å². The zero-order valence-electron chi connectivity index (χ0n) is 10.0. The van der Waals surface area contributed by atoms with Crippen LogP contribution in [0.2, 0.25) is 5.02 Å². The third-order valence-corrected chi connectivity index (χ3v) is 4.19. The largest absolute Gasteiger partial charge is 0.391 e. The smallest absolute Gasteiger partial charge is 0.243 e. The van der Waals surface area contributed by atoms with Crippen molar-refractivity contribution in [2.75, 3.05) is 6.54 Å². The SMILES string of the molecule is CC(C)C(O)CNS(=O)(=O)c1cccc(Cl)c1F. The minimum atomic E-state index is -4.01. The fraction of sp³-hybridized carbons (Fsp3) is 0.455. The molecule has 2 N–H and O–H groups in total. The molecule has 0 aliphatic carbocycles. The molecule has 1 atom stereocenters. The lowest BCUT2D eigenvalue weighted by molar-refractivity contribution is 0.129. The van der Waals surface area contributed by atoms with E-state index in [9.17, 15) is 17.9 Å². The maximum atomic E-state index is 13.6. The first-order valence-electron chi connectivity index (χ1n) is 5.37. The maximum Gasteiger partial charge on any atom is 0.243 e. The third kappa shape index (κ3) is 3.65. The molecule has 0 radical (unpaired) electrons. The highest BCUT2D eigenvalue weighted by Gasteiger charge is 2.22. The van der Waals surface area contributed by atoms with Crippen LogP contribution >= 0.6 is 11.6 Å². The van der Waals surface area contributed by atoms with Crippen molar-refractivity contribution in [2.24, 2.45) is 5.92 Å². The van der Waals surface area contributed by atoms with Gasteiger partial charge in [0.25, 0.3) is 0 Å². The van der Waals surface area contributed by atoms with Gasteiger partial charge < -0.3 is 5.11 Å². The van der Waals surface area contributed by atoms with Gasteiger partial charge in [-0.05, 0) is 18.1 Å². The highest BCUT2D eigenvalue weighted by molar-refractivity contribution is 7.89. The van der Waals surface area contributed by atoms with Gasteiger partial charge in [0.15, 0.2) is 5.82 Å². The van der Waals surface area contributed by atoms with Crippen LogP contribution in [-0.2, 0) is 10.0 Å². The molecule has 0 spiro atoms. The Hall–Kier alpha value is -0.690. The number of rotatable bonds is 5. The second-order valence-corrected chi connectivity index (χ2v) is 6.36. The second kappa shape index (κ2) is 5.97. The van der Waals surface area contributed by atoms with E-state index in [1.54, 1.807) is 13.8 Å². The Morgan fingerprint density at radius 1 is 1.44 bits per heavy atom. The van der Waals surface area contributed by atoms with Gasteiger partial charge in [-0.15, -0.1) is 0 Å². The Kier molecular flexibility index (Phi) is 5.10. The summed E-state index contributed by atoms with van der Waals surface area (Å²) in [5, 5.41) is 9.25. The van der Waals surface area contributed by atoms with Crippen molar-refractivity contribution >= 4 is 21.6 Å². The summed E-state index contributed by atoms with van der Waals surface area (Å²) < 4.78 is 39.3. The van der Waals surface area contributed by atoms with E-state index < -0.39 is 26.8 Å². The zero-order valence-corrected chi connectivity index (χ0v) is 11.6. The molecule has 1 rings (SSSR count). The van der Waals surface area contributed by atoms with E-state index in [4.69, 9.17) is 11.6 Å². The molecule has 0 bridgehead atoms. The molecule has 0 fully saturated rings. The minimum Gasteiger partial charge on any atom is -0.391 e. The number of aliphatic hydroxyl groups excluding tert-OH is 1. The van der Waals surface area contributed by atoms with Crippen LogP contribution in [0.25, 0.3) is 0 Å². The average Bonchev–Trinajstić information content (AvgIpc) is 2.29. The van der Waals surface area contributed by atoms with Crippen LogP contribution in [0.3, 0.4) is 0 Å². The Morgan fingerprint density at radius 3 is 2.61 bits per heavy atom. The van der Waals surface area contributed by atoms with Crippen molar-refractivity contribution in [3.05, 3.63) is 29.0 Å². The summed E-state index contributed by atoms with van der Waals surface area (Å²) in [4.78, 5) is -0.522. The fourth-order valence-electron chi connectivity index (χ4n) is 1.20. The van der Waals surface area contributed by atoms with Crippen LogP contribution in [0, 0.1) is 11.7 Å². The lowest BCUT2D eigenvalue weighted by atomic mass is 10.1. The van der Waals surface area contributed by atoms with Crippen molar-refractivity contribution in [2.45, 2.75) is 24.8 Å². The van der Waals surface area contributed by atoms with Gasteiger partial charge in [0.2, 0.25) is 10.0 Å². The van der Waals surface area contributed by atoms with E-state index in [2.05, 4.69) is 4.72 Å². The van der Waals surface area contributed by atoms with Crippen LogP contribution in [0.15, 0.2) is 23.1 Å². The number of sulfonamides is 1. The molecule has 0 heterocycles. The Balaban J connectivity index is 2.91. The van der Waals surface area contributed by atoms with Gasteiger partial charge in [-0.25, -0.2) is 17.5 Å². The Bertz CT molecular complexity index is 519. The number of nitrogens with one attached hydrogen (secondary N) is 1. The molecule has 102 valence electrons. The van der Waals surface area contributed by atoms with Crippen LogP contribution in [0.4, 0.5) is 4.39 Å². The lowest BCUT2D eigenvalue weighted by Crippen LogP contribution is -2.35. The third-order valence-electron chi connectivity index (χ3n) is 2.46. The normalized spacial score (nSPS) is 13.9. The molecule has 4 nitrogen and oxygen atoms in total. The van der Waals surface area contributed by atoms with Crippen molar-refractivity contribution in [1.82, 2.24) is 4.72 Å². The highest BCUT2D eigenvalue weighted by Crippen LogP contribution is 2.21. The number of aliphatic hydroxyl groups is 1. The first-order valence-corrected chi connectivity index (χ1v) is 7.23. The summed E-state index contributed by atoms with van der Waals surface area (Å²) in [6.45, 7) is 3.32. The summed E-state index contributed by atoms with van der Waals surface area (Å²) in [5.74, 6) is -1.09.